The van der Waals surface area contributed by atoms with Crippen molar-refractivity contribution in [3.63, 3.8) is 0 Å². The Kier molecular flexibility index (Phi) is 6.18. The average molecular weight is 145 g/mol. The number of methoxy groups -OCH3 is 1. The Bertz CT molecular complexity index is 93.6. The van der Waals surface area contributed by atoms with Crippen LogP contribution >= 0.6 is 0 Å². The molecule has 0 fully saturated rings. The molecule has 0 aromatic rings. The zero-order valence-corrected chi connectivity index (χ0v) is 6.64. The highest BCUT2D eigenvalue weighted by Gasteiger charge is 1.93. The topological polar surface area (TPSA) is 42.3 Å². The second kappa shape index (κ2) is 6.55. The summed E-state index contributed by atoms with van der Waals surface area (Å²) in [7, 11) is 1.50. The molecule has 0 rings (SSSR count). The van der Waals surface area contributed by atoms with Crippen LogP contribution in [0.5, 0.6) is 0 Å². The summed E-state index contributed by atoms with van der Waals surface area (Å²) >= 11 is 0. The standard InChI is InChI=1S/C7H15NO2/c1-3-5-10-6-4-7(8)9-2/h8H,3-6H2,1-2H3. The third-order valence-corrected chi connectivity index (χ3v) is 1.07. The fourth-order valence-electron chi connectivity index (χ4n) is 0.513. The highest BCUT2D eigenvalue weighted by Crippen LogP contribution is 1.87. The van der Waals surface area contributed by atoms with Gasteiger partial charge in [-0.15, -0.1) is 0 Å². The molecule has 0 saturated carbocycles. The first-order valence-electron chi connectivity index (χ1n) is 3.50. The van der Waals surface area contributed by atoms with Crippen molar-refractivity contribution in [2.75, 3.05) is 20.3 Å². The summed E-state index contributed by atoms with van der Waals surface area (Å²) in [5, 5.41) is 7.07. The lowest BCUT2D eigenvalue weighted by Crippen LogP contribution is -2.05. The van der Waals surface area contributed by atoms with E-state index in [0.29, 0.717) is 13.0 Å². The van der Waals surface area contributed by atoms with Crippen LogP contribution in [-0.2, 0) is 9.47 Å². The van der Waals surface area contributed by atoms with Crippen LogP contribution in [-0.4, -0.2) is 26.2 Å². The smallest absolute Gasteiger partial charge is 0.182 e. The first-order valence-corrected chi connectivity index (χ1v) is 3.50. The summed E-state index contributed by atoms with van der Waals surface area (Å²) in [6.07, 6.45) is 1.61. The molecule has 3 nitrogen and oxygen atoms in total. The molecule has 3 heteroatoms. The van der Waals surface area contributed by atoms with E-state index in [4.69, 9.17) is 10.1 Å². The Morgan fingerprint density at radius 1 is 1.40 bits per heavy atom. The van der Waals surface area contributed by atoms with E-state index in [1.165, 1.54) is 7.11 Å². The van der Waals surface area contributed by atoms with Crippen LogP contribution in [0, 0.1) is 5.41 Å². The van der Waals surface area contributed by atoms with Crippen LogP contribution in [0.4, 0.5) is 0 Å². The second-order valence-electron chi connectivity index (χ2n) is 1.99. The maximum atomic E-state index is 7.07. The van der Waals surface area contributed by atoms with Gasteiger partial charge < -0.3 is 9.47 Å². The predicted octanol–water partition coefficient (Wildman–Crippen LogP) is 1.43. The Balaban J connectivity index is 2.96. The first kappa shape index (κ1) is 9.43. The Morgan fingerprint density at radius 3 is 2.60 bits per heavy atom. The van der Waals surface area contributed by atoms with Crippen molar-refractivity contribution < 1.29 is 9.47 Å². The minimum Gasteiger partial charge on any atom is -0.484 e. The SMILES string of the molecule is CCCOCCC(=N)OC. The normalized spacial score (nSPS) is 9.40. The van der Waals surface area contributed by atoms with Crippen molar-refractivity contribution >= 4 is 5.90 Å². The van der Waals surface area contributed by atoms with Gasteiger partial charge in [-0.05, 0) is 6.42 Å². The molecule has 0 atom stereocenters. The first-order chi connectivity index (χ1) is 4.81. The van der Waals surface area contributed by atoms with Gasteiger partial charge in [0.25, 0.3) is 0 Å². The molecule has 0 bridgehead atoms. The van der Waals surface area contributed by atoms with Crippen molar-refractivity contribution in [2.45, 2.75) is 19.8 Å². The van der Waals surface area contributed by atoms with E-state index in [2.05, 4.69) is 11.7 Å². The fourth-order valence-corrected chi connectivity index (χ4v) is 0.513. The molecule has 0 saturated heterocycles. The molecule has 0 aliphatic rings. The molecule has 0 heterocycles. The van der Waals surface area contributed by atoms with Crippen LogP contribution in [0.2, 0.25) is 0 Å². The lowest BCUT2D eigenvalue weighted by Gasteiger charge is -2.02. The third-order valence-electron chi connectivity index (χ3n) is 1.07. The lowest BCUT2D eigenvalue weighted by molar-refractivity contribution is 0.138. The van der Waals surface area contributed by atoms with Gasteiger partial charge in [-0.3, -0.25) is 5.41 Å². The number of ether oxygens (including phenoxy) is 2. The van der Waals surface area contributed by atoms with Crippen LogP contribution < -0.4 is 0 Å². The number of nitrogens with one attached hydrogen (secondary N) is 1. The summed E-state index contributed by atoms with van der Waals surface area (Å²) < 4.78 is 9.77. The molecule has 0 aromatic carbocycles. The van der Waals surface area contributed by atoms with E-state index in [1.54, 1.807) is 0 Å². The van der Waals surface area contributed by atoms with Gasteiger partial charge in [0.2, 0.25) is 0 Å². The summed E-state index contributed by atoms with van der Waals surface area (Å²) in [6, 6.07) is 0. The van der Waals surface area contributed by atoms with E-state index in [1.807, 2.05) is 0 Å². The molecule has 0 spiro atoms. The number of hydrogen-bond acceptors (Lipinski definition) is 3. The quantitative estimate of drug-likeness (QED) is 0.361. The van der Waals surface area contributed by atoms with E-state index < -0.39 is 0 Å². The highest BCUT2D eigenvalue weighted by molar-refractivity contribution is 5.72. The van der Waals surface area contributed by atoms with Crippen LogP contribution in [0.3, 0.4) is 0 Å². The molecule has 0 radical (unpaired) electrons. The minimum absolute atomic E-state index is 0.288. The van der Waals surface area contributed by atoms with Gasteiger partial charge in [0.1, 0.15) is 0 Å². The zero-order chi connectivity index (χ0) is 7.82. The molecular weight excluding hydrogens is 130 g/mol. The molecule has 1 N–H and O–H groups in total. The largest absolute Gasteiger partial charge is 0.484 e. The van der Waals surface area contributed by atoms with Gasteiger partial charge in [0.05, 0.1) is 13.7 Å². The van der Waals surface area contributed by atoms with Crippen molar-refractivity contribution in [1.29, 1.82) is 5.41 Å². The fraction of sp³-hybridized carbons (Fsp3) is 0.857. The predicted molar refractivity (Wildman–Crippen MR) is 40.5 cm³/mol. The van der Waals surface area contributed by atoms with Gasteiger partial charge in [0.15, 0.2) is 5.90 Å². The van der Waals surface area contributed by atoms with E-state index in [0.717, 1.165) is 13.0 Å². The maximum absolute atomic E-state index is 7.07. The van der Waals surface area contributed by atoms with E-state index in [-0.39, 0.29) is 5.90 Å². The van der Waals surface area contributed by atoms with Crippen LogP contribution in [0.25, 0.3) is 0 Å². The summed E-state index contributed by atoms with van der Waals surface area (Å²) in [4.78, 5) is 0. The molecule has 60 valence electrons. The molecule has 0 aromatic heterocycles. The summed E-state index contributed by atoms with van der Waals surface area (Å²) in [5.41, 5.74) is 0. The van der Waals surface area contributed by atoms with Gasteiger partial charge in [-0.25, -0.2) is 0 Å². The Hall–Kier alpha value is -0.570. The van der Waals surface area contributed by atoms with Crippen molar-refractivity contribution in [3.05, 3.63) is 0 Å². The average Bonchev–Trinajstić information content (AvgIpc) is 1.98. The van der Waals surface area contributed by atoms with E-state index in [9.17, 15) is 0 Å². The third kappa shape index (κ3) is 5.56. The monoisotopic (exact) mass is 145 g/mol. The van der Waals surface area contributed by atoms with Crippen molar-refractivity contribution in [3.8, 4) is 0 Å². The zero-order valence-electron chi connectivity index (χ0n) is 6.64. The van der Waals surface area contributed by atoms with Gasteiger partial charge >= 0.3 is 0 Å². The van der Waals surface area contributed by atoms with Gasteiger partial charge in [0, 0.05) is 13.0 Å². The maximum Gasteiger partial charge on any atom is 0.182 e. The molecular formula is C7H15NO2. The van der Waals surface area contributed by atoms with Crippen LogP contribution in [0.15, 0.2) is 0 Å². The molecule has 0 aliphatic carbocycles. The number of hydrogen-bond donors (Lipinski definition) is 1. The van der Waals surface area contributed by atoms with Crippen molar-refractivity contribution in [2.24, 2.45) is 0 Å². The van der Waals surface area contributed by atoms with Gasteiger partial charge in [-0.2, -0.15) is 0 Å². The molecule has 0 amide bonds. The van der Waals surface area contributed by atoms with Crippen LogP contribution in [0.1, 0.15) is 19.8 Å². The Labute approximate surface area is 61.8 Å². The van der Waals surface area contributed by atoms with Crippen molar-refractivity contribution in [1.82, 2.24) is 0 Å². The number of rotatable bonds is 5. The lowest BCUT2D eigenvalue weighted by atomic mass is 10.4. The minimum atomic E-state index is 0.288. The van der Waals surface area contributed by atoms with E-state index >= 15 is 0 Å². The molecule has 10 heavy (non-hydrogen) atoms. The Morgan fingerprint density at radius 2 is 2.10 bits per heavy atom. The molecule has 0 unspecified atom stereocenters. The van der Waals surface area contributed by atoms with Gasteiger partial charge in [-0.1, -0.05) is 6.92 Å². The highest BCUT2D eigenvalue weighted by atomic mass is 16.5. The molecule has 0 aliphatic heterocycles. The summed E-state index contributed by atoms with van der Waals surface area (Å²) in [5.74, 6) is 0.288. The second-order valence-corrected chi connectivity index (χ2v) is 1.99. The summed E-state index contributed by atoms with van der Waals surface area (Å²) in [6.45, 7) is 3.43.